The molecule has 1 N–H and O–H groups in total. The fraction of sp³-hybridized carbons (Fsp3) is 0.227. The number of rotatable bonds is 9. The normalized spacial score (nSPS) is 10.6. The first-order valence-electron chi connectivity index (χ1n) is 9.18. The molecule has 0 bridgehead atoms. The minimum atomic E-state index is -1.11. The molecule has 0 aliphatic rings. The zero-order valence-corrected chi connectivity index (χ0v) is 18.4. The molecule has 0 fully saturated rings. The molecule has 0 saturated carbocycles. The second-order valence-corrected chi connectivity index (χ2v) is 9.56. The summed E-state index contributed by atoms with van der Waals surface area (Å²) < 4.78 is 0. The molecule has 0 atom stereocenters. The van der Waals surface area contributed by atoms with E-state index in [9.17, 15) is 15.2 Å². The van der Waals surface area contributed by atoms with Crippen LogP contribution in [0.1, 0.15) is 35.7 Å². The number of aromatic carboxylic acids is 1. The molecule has 3 aromatic rings. The van der Waals surface area contributed by atoms with E-state index in [-0.39, 0.29) is 11.1 Å². The van der Waals surface area contributed by atoms with Gasteiger partial charge in [-0.05, 0) is 35.2 Å². The largest absolute Gasteiger partial charge is 0.478 e. The lowest BCUT2D eigenvalue weighted by Crippen LogP contribution is -2.04. The molecule has 29 heavy (non-hydrogen) atoms. The first-order valence-corrected chi connectivity index (χ1v) is 12.2. The summed E-state index contributed by atoms with van der Waals surface area (Å²) in [5.41, 5.74) is 2.80. The van der Waals surface area contributed by atoms with Crippen molar-refractivity contribution in [3.8, 4) is 27.8 Å². The van der Waals surface area contributed by atoms with Gasteiger partial charge in [0.25, 0.3) is 0 Å². The number of nitriles is 1. The first-order chi connectivity index (χ1) is 14.2. The van der Waals surface area contributed by atoms with Crippen LogP contribution in [0.15, 0.2) is 52.9 Å². The lowest BCUT2D eigenvalue weighted by atomic mass is 10.0. The molecule has 1 aromatic carbocycles. The van der Waals surface area contributed by atoms with Gasteiger partial charge in [-0.25, -0.2) is 9.78 Å². The van der Waals surface area contributed by atoms with Gasteiger partial charge in [-0.3, -0.25) is 0 Å². The Kier molecular flexibility index (Phi) is 7.76. The Balaban J connectivity index is 2.01. The smallest absolute Gasteiger partial charge is 0.337 e. The Labute approximate surface area is 183 Å². The van der Waals surface area contributed by atoms with Crippen LogP contribution in [0.4, 0.5) is 0 Å². The number of nitrogens with zero attached hydrogens (tertiary/aromatic N) is 2. The van der Waals surface area contributed by atoms with E-state index in [2.05, 4.69) is 6.92 Å². The number of benzene rings is 1. The Hall–Kier alpha value is -2.27. The van der Waals surface area contributed by atoms with Crippen molar-refractivity contribution in [2.24, 2.45) is 0 Å². The summed E-state index contributed by atoms with van der Waals surface area (Å²) in [7, 11) is 0. The molecule has 0 saturated heterocycles. The van der Waals surface area contributed by atoms with Crippen LogP contribution >= 0.6 is 34.9 Å². The van der Waals surface area contributed by atoms with E-state index in [0.29, 0.717) is 10.7 Å². The maximum Gasteiger partial charge on any atom is 0.337 e. The van der Waals surface area contributed by atoms with Crippen molar-refractivity contribution in [2.45, 2.75) is 24.8 Å². The monoisotopic (exact) mass is 440 g/mol. The number of unbranched alkanes of at least 4 members (excludes halogenated alkanes) is 1. The van der Waals surface area contributed by atoms with Gasteiger partial charge in [-0.1, -0.05) is 55.4 Å². The van der Waals surface area contributed by atoms with Gasteiger partial charge < -0.3 is 5.11 Å². The Morgan fingerprint density at radius 2 is 2.07 bits per heavy atom. The number of hydrogen-bond donors (Lipinski definition) is 1. The van der Waals surface area contributed by atoms with Crippen molar-refractivity contribution in [3.05, 3.63) is 59.0 Å². The Bertz CT molecular complexity index is 1030. The van der Waals surface area contributed by atoms with E-state index < -0.39 is 5.97 Å². The second kappa shape index (κ2) is 10.5. The Morgan fingerprint density at radius 1 is 1.28 bits per heavy atom. The Morgan fingerprint density at radius 3 is 2.76 bits per heavy atom. The fourth-order valence-corrected chi connectivity index (χ4v) is 5.86. The maximum atomic E-state index is 11.8. The highest BCUT2D eigenvalue weighted by atomic mass is 32.2. The molecule has 3 rings (SSSR count). The van der Waals surface area contributed by atoms with E-state index in [0.717, 1.165) is 39.7 Å². The molecule has 2 heterocycles. The number of hydrogen-bond acceptors (Lipinski definition) is 6. The third-order valence-electron chi connectivity index (χ3n) is 4.23. The zero-order valence-electron chi connectivity index (χ0n) is 15.9. The van der Waals surface area contributed by atoms with Gasteiger partial charge in [-0.2, -0.15) is 17.0 Å². The third kappa shape index (κ3) is 5.21. The molecule has 4 nitrogen and oxygen atoms in total. The van der Waals surface area contributed by atoms with Gasteiger partial charge in [0.15, 0.2) is 0 Å². The van der Waals surface area contributed by atoms with E-state index in [1.807, 2.05) is 47.8 Å². The van der Waals surface area contributed by atoms with E-state index in [1.54, 1.807) is 11.8 Å². The summed E-state index contributed by atoms with van der Waals surface area (Å²) in [6.45, 7) is 2.15. The van der Waals surface area contributed by atoms with Crippen LogP contribution < -0.4 is 0 Å². The SMILES string of the molecule is CCCCSCSc1nc(-c2sccc2-c2ccccc2)cc(C(=O)O)c1C#N. The lowest BCUT2D eigenvalue weighted by Gasteiger charge is -2.10. The van der Waals surface area contributed by atoms with Crippen LogP contribution in [-0.2, 0) is 0 Å². The predicted octanol–water partition coefficient (Wildman–Crippen LogP) is 6.63. The summed E-state index contributed by atoms with van der Waals surface area (Å²) in [6, 6.07) is 15.5. The summed E-state index contributed by atoms with van der Waals surface area (Å²) >= 11 is 4.74. The highest BCUT2D eigenvalue weighted by Crippen LogP contribution is 2.38. The van der Waals surface area contributed by atoms with Gasteiger partial charge in [0.1, 0.15) is 11.1 Å². The second-order valence-electron chi connectivity index (χ2n) is 6.21. The number of aromatic nitrogens is 1. The minimum Gasteiger partial charge on any atom is -0.478 e. The number of carboxylic acids is 1. The molecule has 0 amide bonds. The maximum absolute atomic E-state index is 11.8. The molecule has 7 heteroatoms. The minimum absolute atomic E-state index is 0.00553. The van der Waals surface area contributed by atoms with E-state index in [4.69, 9.17) is 4.98 Å². The summed E-state index contributed by atoms with van der Waals surface area (Å²) in [6.07, 6.45) is 2.28. The molecule has 148 valence electrons. The van der Waals surface area contributed by atoms with E-state index >= 15 is 0 Å². The summed E-state index contributed by atoms with van der Waals surface area (Å²) in [5.74, 6) is -0.0663. The lowest BCUT2D eigenvalue weighted by molar-refractivity contribution is 0.0696. The molecule has 0 unspecified atom stereocenters. The number of thiophene rings is 1. The third-order valence-corrected chi connectivity index (χ3v) is 7.45. The highest BCUT2D eigenvalue weighted by molar-refractivity contribution is 8.15. The predicted molar refractivity (Wildman–Crippen MR) is 123 cm³/mol. The van der Waals surface area contributed by atoms with Crippen molar-refractivity contribution >= 4 is 40.8 Å². The fourth-order valence-electron chi connectivity index (χ4n) is 2.77. The standard InChI is InChI=1S/C22H20N2O2S3/c1-2-3-10-27-14-29-21-18(13-23)17(22(25)26)12-19(24-21)20-16(9-11-28-20)15-7-5-4-6-8-15/h4-9,11-12H,2-3,10,14H2,1H3,(H,25,26). The molecule has 2 aromatic heterocycles. The van der Waals surface area contributed by atoms with Gasteiger partial charge in [-0.15, -0.1) is 11.3 Å². The molecular weight excluding hydrogens is 420 g/mol. The van der Waals surface area contributed by atoms with Crippen LogP contribution in [0.3, 0.4) is 0 Å². The van der Waals surface area contributed by atoms with Crippen LogP contribution in [0, 0.1) is 11.3 Å². The molecule has 0 radical (unpaired) electrons. The topological polar surface area (TPSA) is 74.0 Å². The van der Waals surface area contributed by atoms with Gasteiger partial charge in [0.2, 0.25) is 0 Å². The van der Waals surface area contributed by atoms with Crippen molar-refractivity contribution in [2.75, 3.05) is 10.8 Å². The van der Waals surface area contributed by atoms with Gasteiger partial charge in [0.05, 0.1) is 21.7 Å². The van der Waals surface area contributed by atoms with Crippen molar-refractivity contribution in [1.82, 2.24) is 4.98 Å². The van der Waals surface area contributed by atoms with Gasteiger partial charge >= 0.3 is 5.97 Å². The average molecular weight is 441 g/mol. The van der Waals surface area contributed by atoms with Crippen LogP contribution in [0.25, 0.3) is 21.7 Å². The van der Waals surface area contributed by atoms with Crippen molar-refractivity contribution < 1.29 is 9.90 Å². The number of pyridine rings is 1. The molecule has 0 spiro atoms. The summed E-state index contributed by atoms with van der Waals surface area (Å²) in [4.78, 5) is 17.4. The van der Waals surface area contributed by atoms with Crippen molar-refractivity contribution in [1.29, 1.82) is 5.26 Å². The number of carbonyl (C=O) groups is 1. The number of carboxylic acid groups (broad SMARTS) is 1. The van der Waals surface area contributed by atoms with Crippen molar-refractivity contribution in [3.63, 3.8) is 0 Å². The zero-order chi connectivity index (χ0) is 20.6. The molecular formula is C22H20N2O2S3. The van der Waals surface area contributed by atoms with Gasteiger partial charge in [0, 0.05) is 10.6 Å². The quantitative estimate of drug-likeness (QED) is 0.229. The van der Waals surface area contributed by atoms with Crippen LogP contribution in [0.5, 0.6) is 0 Å². The molecule has 0 aliphatic carbocycles. The van der Waals surface area contributed by atoms with Crippen LogP contribution in [-0.4, -0.2) is 26.9 Å². The van der Waals surface area contributed by atoms with Crippen LogP contribution in [0.2, 0.25) is 0 Å². The number of thioether (sulfide) groups is 2. The van der Waals surface area contributed by atoms with E-state index in [1.165, 1.54) is 29.2 Å². The summed E-state index contributed by atoms with van der Waals surface area (Å²) in [5, 5.41) is 22.5. The highest BCUT2D eigenvalue weighted by Gasteiger charge is 2.21. The first kappa shape index (κ1) is 21.4. The average Bonchev–Trinajstić information content (AvgIpc) is 3.23. The molecule has 0 aliphatic heterocycles.